The number of hydrogen-bond donors (Lipinski definition) is 2. The van der Waals surface area contributed by atoms with Crippen molar-refractivity contribution in [2.24, 2.45) is 0 Å². The summed E-state index contributed by atoms with van der Waals surface area (Å²) in [6.07, 6.45) is 9.81. The molecule has 0 aliphatic rings. The van der Waals surface area contributed by atoms with E-state index in [0.717, 1.165) is 27.1 Å². The molecule has 0 radical (unpaired) electrons. The third kappa shape index (κ3) is 10.2. The highest BCUT2D eigenvalue weighted by Crippen LogP contribution is 2.28. The lowest BCUT2D eigenvalue weighted by Crippen LogP contribution is -2.29. The normalized spacial score (nSPS) is 9.34. The fourth-order valence-corrected chi connectivity index (χ4v) is 3.02. The van der Waals surface area contributed by atoms with Gasteiger partial charge < -0.3 is 19.5 Å². The maximum Gasteiger partial charge on any atom is 0.490 e. The van der Waals surface area contributed by atoms with E-state index in [4.69, 9.17) is 42.7 Å². The molecule has 0 spiro atoms. The summed E-state index contributed by atoms with van der Waals surface area (Å²) < 4.78 is 11.1. The molecular weight excluding hydrogens is 558 g/mol. The highest BCUT2D eigenvalue weighted by molar-refractivity contribution is 9.10. The molecule has 0 amide bonds. The third-order valence-electron chi connectivity index (χ3n) is 4.04. The number of halogens is 3. The number of aromatic nitrogens is 4. The van der Waals surface area contributed by atoms with Crippen LogP contribution in [0.4, 0.5) is 0 Å². The van der Waals surface area contributed by atoms with E-state index < -0.39 is 7.12 Å². The summed E-state index contributed by atoms with van der Waals surface area (Å²) in [5.41, 5.74) is 2.18. The summed E-state index contributed by atoms with van der Waals surface area (Å²) in [4.78, 5) is 15.6. The van der Waals surface area contributed by atoms with Crippen LogP contribution in [0.3, 0.4) is 0 Å². The topological polar surface area (TPSA) is 110 Å². The molecule has 4 heterocycles. The van der Waals surface area contributed by atoms with E-state index in [2.05, 4.69) is 35.9 Å². The number of hydrogen-bond acceptors (Lipinski definition) is 8. The molecule has 4 aromatic heterocycles. The van der Waals surface area contributed by atoms with Crippen LogP contribution in [0.25, 0.3) is 11.1 Å². The molecule has 0 fully saturated rings. The Balaban J connectivity index is 0.000000271. The van der Waals surface area contributed by atoms with Gasteiger partial charge in [0.2, 0.25) is 0 Å². The van der Waals surface area contributed by atoms with Gasteiger partial charge in [-0.3, -0.25) is 9.97 Å². The second kappa shape index (κ2) is 16.0. The molecule has 4 aromatic rings. The number of nitrogens with zero attached hydrogens (tertiary/aromatic N) is 4. The third-order valence-corrected chi connectivity index (χ3v) is 5.09. The van der Waals surface area contributed by atoms with E-state index in [9.17, 15) is 0 Å². The van der Waals surface area contributed by atoms with Gasteiger partial charge in [-0.05, 0) is 46.3 Å². The van der Waals surface area contributed by atoms with Crippen LogP contribution in [-0.2, 0) is 0 Å². The zero-order valence-corrected chi connectivity index (χ0v) is 21.2. The maximum absolute atomic E-state index is 8.59. The molecule has 0 saturated carbocycles. The quantitative estimate of drug-likeness (QED) is 0.263. The second-order valence-corrected chi connectivity index (χ2v) is 7.87. The summed E-state index contributed by atoms with van der Waals surface area (Å²) in [6, 6.07) is 10.2. The summed E-state index contributed by atoms with van der Waals surface area (Å²) in [5, 5.41) is 18.0. The van der Waals surface area contributed by atoms with Crippen LogP contribution in [-0.4, -0.2) is 51.3 Å². The molecule has 184 valence electrons. The van der Waals surface area contributed by atoms with Crippen molar-refractivity contribution in [3.05, 3.63) is 88.4 Å². The zero-order valence-electron chi connectivity index (χ0n) is 18.1. The minimum absolute atomic E-state index is 0. The molecule has 35 heavy (non-hydrogen) atoms. The minimum atomic E-state index is -1.47. The molecule has 0 aliphatic carbocycles. The summed E-state index contributed by atoms with van der Waals surface area (Å²) in [6.45, 7) is 0. The maximum atomic E-state index is 8.59. The molecule has 0 aliphatic heterocycles. The van der Waals surface area contributed by atoms with E-state index in [0.29, 0.717) is 15.8 Å². The molecular formula is C23H24BBrCl2N4O4. The van der Waals surface area contributed by atoms with Gasteiger partial charge in [-0.15, -0.1) is 0 Å². The van der Waals surface area contributed by atoms with Gasteiger partial charge in [-0.25, -0.2) is 9.97 Å². The standard InChI is InChI=1S/C11H9ClN2O.C6H6BrNO.C5H5BClNO2.CH4/c1-15-10-4-5-13-7-9(10)8-2-3-11(12)14-6-8;1-9-6-2-3-8-4-5(6)7;7-5-2-1-4(3-8-5)6(9)10;/h2-7H,1H3;2-4H,1H3;1-3,9-10H;1H4. The highest BCUT2D eigenvalue weighted by atomic mass is 79.9. The van der Waals surface area contributed by atoms with Crippen LogP contribution < -0.4 is 14.9 Å². The van der Waals surface area contributed by atoms with Crippen LogP contribution in [0.5, 0.6) is 11.5 Å². The Morgan fingerprint density at radius 3 is 1.80 bits per heavy atom. The number of rotatable bonds is 4. The molecule has 0 aromatic carbocycles. The first-order valence-corrected chi connectivity index (χ1v) is 11.1. The SMILES string of the molecule is C.COc1ccncc1-c1ccc(Cl)nc1.COc1ccncc1Br.OB(O)c1ccc(Cl)nc1. The molecule has 12 heteroatoms. The van der Waals surface area contributed by atoms with Crippen LogP contribution >= 0.6 is 39.1 Å². The lowest BCUT2D eigenvalue weighted by molar-refractivity contribution is 0.411. The molecule has 2 N–H and O–H groups in total. The van der Waals surface area contributed by atoms with Gasteiger partial charge >= 0.3 is 7.12 Å². The van der Waals surface area contributed by atoms with E-state index in [1.165, 1.54) is 18.3 Å². The lowest BCUT2D eigenvalue weighted by Gasteiger charge is -2.06. The van der Waals surface area contributed by atoms with Crippen LogP contribution in [0.1, 0.15) is 7.43 Å². The van der Waals surface area contributed by atoms with Gasteiger partial charge in [-0.2, -0.15) is 0 Å². The molecule has 0 atom stereocenters. The predicted octanol–water partition coefficient (Wildman–Crippen LogP) is 4.71. The van der Waals surface area contributed by atoms with Crippen molar-refractivity contribution in [2.45, 2.75) is 7.43 Å². The zero-order chi connectivity index (χ0) is 24.9. The number of pyridine rings is 4. The van der Waals surface area contributed by atoms with Gasteiger partial charge in [0.25, 0.3) is 0 Å². The molecule has 0 bridgehead atoms. The Morgan fingerprint density at radius 2 is 1.34 bits per heavy atom. The van der Waals surface area contributed by atoms with Gasteiger partial charge in [0.05, 0.1) is 18.7 Å². The smallest absolute Gasteiger partial charge is 0.490 e. The van der Waals surface area contributed by atoms with Crippen molar-refractivity contribution in [2.75, 3.05) is 14.2 Å². The average molecular weight is 582 g/mol. The second-order valence-electron chi connectivity index (χ2n) is 6.24. The summed E-state index contributed by atoms with van der Waals surface area (Å²) in [5.74, 6) is 1.58. The van der Waals surface area contributed by atoms with Gasteiger partial charge in [0.1, 0.15) is 21.8 Å². The van der Waals surface area contributed by atoms with Crippen LogP contribution in [0, 0.1) is 0 Å². The summed E-state index contributed by atoms with van der Waals surface area (Å²) >= 11 is 14.4. The molecule has 0 unspecified atom stereocenters. The monoisotopic (exact) mass is 580 g/mol. The number of ether oxygens (including phenoxy) is 2. The van der Waals surface area contributed by atoms with Crippen molar-refractivity contribution in [3.8, 4) is 22.6 Å². The van der Waals surface area contributed by atoms with Crippen molar-refractivity contribution in [1.82, 2.24) is 19.9 Å². The van der Waals surface area contributed by atoms with Crippen LogP contribution in [0.2, 0.25) is 10.3 Å². The Labute approximate surface area is 223 Å². The Hall–Kier alpha value is -2.76. The van der Waals surface area contributed by atoms with Gasteiger partial charge in [0, 0.05) is 53.8 Å². The van der Waals surface area contributed by atoms with E-state index in [-0.39, 0.29) is 7.43 Å². The van der Waals surface area contributed by atoms with Crippen molar-refractivity contribution < 1.29 is 19.5 Å². The van der Waals surface area contributed by atoms with E-state index in [1.54, 1.807) is 57.3 Å². The first-order valence-electron chi connectivity index (χ1n) is 9.56. The van der Waals surface area contributed by atoms with Crippen molar-refractivity contribution in [1.29, 1.82) is 0 Å². The van der Waals surface area contributed by atoms with Gasteiger partial charge in [0.15, 0.2) is 0 Å². The van der Waals surface area contributed by atoms with E-state index in [1.807, 2.05) is 12.1 Å². The van der Waals surface area contributed by atoms with E-state index >= 15 is 0 Å². The average Bonchev–Trinajstić information content (AvgIpc) is 2.86. The fourth-order valence-electron chi connectivity index (χ4n) is 2.38. The minimum Gasteiger partial charge on any atom is -0.496 e. The van der Waals surface area contributed by atoms with Gasteiger partial charge in [-0.1, -0.05) is 36.7 Å². The number of methoxy groups -OCH3 is 2. The Kier molecular flexibility index (Phi) is 13.9. The lowest BCUT2D eigenvalue weighted by atomic mass is 9.82. The molecule has 8 nitrogen and oxygen atoms in total. The van der Waals surface area contributed by atoms with Crippen molar-refractivity contribution in [3.63, 3.8) is 0 Å². The largest absolute Gasteiger partial charge is 0.496 e. The molecule has 4 rings (SSSR count). The first kappa shape index (κ1) is 30.3. The molecule has 0 saturated heterocycles. The predicted molar refractivity (Wildman–Crippen MR) is 143 cm³/mol. The first-order chi connectivity index (χ1) is 16.3. The fraction of sp³-hybridized carbons (Fsp3) is 0.130. The highest BCUT2D eigenvalue weighted by Gasteiger charge is 2.09. The van der Waals surface area contributed by atoms with Crippen molar-refractivity contribution >= 4 is 51.7 Å². The Morgan fingerprint density at radius 1 is 0.771 bits per heavy atom. The van der Waals surface area contributed by atoms with Crippen LogP contribution in [0.15, 0.2) is 78.1 Å². The Bertz CT molecular complexity index is 1160. The summed E-state index contributed by atoms with van der Waals surface area (Å²) in [7, 11) is 1.78.